The summed E-state index contributed by atoms with van der Waals surface area (Å²) in [5.41, 5.74) is 0. The fourth-order valence-corrected chi connectivity index (χ4v) is 4.41. The molecule has 0 rings (SSSR count). The molecule has 0 amide bonds. The lowest BCUT2D eigenvalue weighted by Crippen LogP contribution is -2.43. The van der Waals surface area contributed by atoms with E-state index in [0.29, 0.717) is 12.8 Å². The molecule has 3 N–H and O–H groups in total. The predicted octanol–water partition coefficient (Wildman–Crippen LogP) is 6.04. The Hall–Kier alpha value is -1.02. The van der Waals surface area contributed by atoms with Crippen molar-refractivity contribution in [2.45, 2.75) is 161 Å². The van der Waals surface area contributed by atoms with Crippen molar-refractivity contribution < 1.29 is 34.4 Å². The van der Waals surface area contributed by atoms with Crippen LogP contribution in [0.15, 0.2) is 0 Å². The second-order valence-electron chi connectivity index (χ2n) is 10.4. The molecular weight excluding hydrogens is 472 g/mol. The molecule has 0 aromatic heterocycles. The summed E-state index contributed by atoms with van der Waals surface area (Å²) in [6.45, 7) is 3.16. The maximum absolute atomic E-state index is 12.7. The highest BCUT2D eigenvalue weighted by atomic mass is 16.6. The third kappa shape index (κ3) is 21.6. The molecule has 7 heteroatoms. The standard InChI is InChI=1S/C30H58O7/c1-3-5-7-9-11-13-15-17-19-21-27(33)30(28(34)24-32)37-26(23-31)25-36-29(35)22-20-18-16-14-12-10-8-6-4-2/h26,28,30-32,34H,3-25H2,1-2H3. The molecule has 0 heterocycles. The Labute approximate surface area is 226 Å². The minimum absolute atomic E-state index is 0.188. The number of hydrogen-bond donors (Lipinski definition) is 3. The van der Waals surface area contributed by atoms with Crippen molar-refractivity contribution in [2.24, 2.45) is 0 Å². The van der Waals surface area contributed by atoms with Crippen LogP contribution in [0.2, 0.25) is 0 Å². The SMILES string of the molecule is CCCCCCCCCCCC(=O)OCC(CO)OC(C(=O)CCCCCCCCCCC)C(O)CO. The molecule has 0 spiro atoms. The molecule has 0 aliphatic heterocycles. The van der Waals surface area contributed by atoms with Crippen LogP contribution in [0.1, 0.15) is 142 Å². The highest BCUT2D eigenvalue weighted by molar-refractivity contribution is 5.83. The lowest BCUT2D eigenvalue weighted by molar-refractivity contribution is -0.163. The third-order valence-corrected chi connectivity index (χ3v) is 6.84. The minimum atomic E-state index is -1.38. The van der Waals surface area contributed by atoms with Crippen LogP contribution >= 0.6 is 0 Å². The first kappa shape index (κ1) is 36.0. The number of hydrogen-bond acceptors (Lipinski definition) is 7. The Bertz CT molecular complexity index is 526. The maximum Gasteiger partial charge on any atom is 0.305 e. The molecular formula is C30H58O7. The number of rotatable bonds is 28. The lowest BCUT2D eigenvalue weighted by atomic mass is 10.0. The van der Waals surface area contributed by atoms with Crippen LogP contribution in [0.3, 0.4) is 0 Å². The summed E-state index contributed by atoms with van der Waals surface area (Å²) < 4.78 is 10.9. The van der Waals surface area contributed by atoms with Gasteiger partial charge in [-0.3, -0.25) is 9.59 Å². The molecule has 0 fully saturated rings. The molecule has 0 saturated heterocycles. The van der Waals surface area contributed by atoms with Crippen LogP contribution in [-0.2, 0) is 19.1 Å². The summed E-state index contributed by atoms with van der Waals surface area (Å²) in [6, 6.07) is 0. The van der Waals surface area contributed by atoms with Gasteiger partial charge in [0, 0.05) is 12.8 Å². The number of ketones is 1. The molecule has 3 unspecified atom stereocenters. The largest absolute Gasteiger partial charge is 0.463 e. The highest BCUT2D eigenvalue weighted by Gasteiger charge is 2.30. The molecule has 0 aromatic carbocycles. The monoisotopic (exact) mass is 530 g/mol. The zero-order valence-electron chi connectivity index (χ0n) is 24.0. The summed E-state index contributed by atoms with van der Waals surface area (Å²) in [6.07, 6.45) is 17.6. The van der Waals surface area contributed by atoms with Gasteiger partial charge in [-0.05, 0) is 12.8 Å². The zero-order valence-corrected chi connectivity index (χ0v) is 24.0. The van der Waals surface area contributed by atoms with Gasteiger partial charge in [-0.25, -0.2) is 0 Å². The number of carbonyl (C=O) groups is 2. The number of ether oxygens (including phenoxy) is 2. The van der Waals surface area contributed by atoms with Crippen molar-refractivity contribution in [1.82, 2.24) is 0 Å². The van der Waals surface area contributed by atoms with Crippen molar-refractivity contribution in [3.05, 3.63) is 0 Å². The normalized spacial score (nSPS) is 13.9. The fourth-order valence-electron chi connectivity index (χ4n) is 4.41. The van der Waals surface area contributed by atoms with Crippen molar-refractivity contribution in [2.75, 3.05) is 19.8 Å². The topological polar surface area (TPSA) is 113 Å². The predicted molar refractivity (Wildman–Crippen MR) is 148 cm³/mol. The van der Waals surface area contributed by atoms with E-state index in [1.54, 1.807) is 0 Å². The number of carbonyl (C=O) groups excluding carboxylic acids is 2. The number of esters is 1. The van der Waals surface area contributed by atoms with Gasteiger partial charge in [-0.2, -0.15) is 0 Å². The molecule has 0 aliphatic carbocycles. The Morgan fingerprint density at radius 2 is 1.05 bits per heavy atom. The molecule has 0 aliphatic rings. The zero-order chi connectivity index (χ0) is 27.6. The number of aliphatic hydroxyl groups excluding tert-OH is 3. The van der Waals surface area contributed by atoms with Gasteiger partial charge in [0.1, 0.15) is 24.9 Å². The van der Waals surface area contributed by atoms with E-state index in [1.165, 1.54) is 70.6 Å². The van der Waals surface area contributed by atoms with E-state index >= 15 is 0 Å². The molecule has 0 saturated carbocycles. The third-order valence-electron chi connectivity index (χ3n) is 6.84. The molecule has 0 bridgehead atoms. The van der Waals surface area contributed by atoms with E-state index in [0.717, 1.165) is 38.5 Å². The average molecular weight is 531 g/mol. The Morgan fingerprint density at radius 1 is 0.622 bits per heavy atom. The van der Waals surface area contributed by atoms with Crippen molar-refractivity contribution in [1.29, 1.82) is 0 Å². The van der Waals surface area contributed by atoms with Gasteiger partial charge >= 0.3 is 5.97 Å². The van der Waals surface area contributed by atoms with E-state index in [2.05, 4.69) is 13.8 Å². The van der Waals surface area contributed by atoms with E-state index in [9.17, 15) is 24.9 Å². The number of aliphatic hydroxyl groups is 3. The van der Waals surface area contributed by atoms with Crippen LogP contribution in [0.5, 0.6) is 0 Å². The molecule has 0 aromatic rings. The second-order valence-corrected chi connectivity index (χ2v) is 10.4. The fraction of sp³-hybridized carbons (Fsp3) is 0.933. The van der Waals surface area contributed by atoms with Gasteiger partial charge in [-0.1, -0.05) is 117 Å². The van der Waals surface area contributed by atoms with Gasteiger partial charge in [0.25, 0.3) is 0 Å². The van der Waals surface area contributed by atoms with Crippen LogP contribution in [-0.4, -0.2) is 65.2 Å². The smallest absolute Gasteiger partial charge is 0.305 e. The van der Waals surface area contributed by atoms with Crippen LogP contribution in [0, 0.1) is 0 Å². The summed E-state index contributed by atoms with van der Waals surface area (Å²) in [5, 5.41) is 29.1. The average Bonchev–Trinajstić information content (AvgIpc) is 2.90. The van der Waals surface area contributed by atoms with Crippen LogP contribution < -0.4 is 0 Å². The Balaban J connectivity index is 4.17. The van der Waals surface area contributed by atoms with Gasteiger partial charge in [0.15, 0.2) is 5.78 Å². The van der Waals surface area contributed by atoms with Gasteiger partial charge < -0.3 is 24.8 Å². The minimum Gasteiger partial charge on any atom is -0.463 e. The van der Waals surface area contributed by atoms with E-state index in [-0.39, 0.29) is 24.8 Å². The second kappa shape index (κ2) is 26.6. The van der Waals surface area contributed by atoms with Crippen molar-refractivity contribution in [3.63, 3.8) is 0 Å². The Kier molecular flexibility index (Phi) is 25.8. The summed E-state index contributed by atoms with van der Waals surface area (Å²) in [4.78, 5) is 24.7. The van der Waals surface area contributed by atoms with Gasteiger partial charge in [0.2, 0.25) is 0 Å². The maximum atomic E-state index is 12.7. The lowest BCUT2D eigenvalue weighted by Gasteiger charge is -2.25. The first-order valence-electron chi connectivity index (χ1n) is 15.2. The highest BCUT2D eigenvalue weighted by Crippen LogP contribution is 2.15. The molecule has 220 valence electrons. The van der Waals surface area contributed by atoms with E-state index < -0.39 is 31.5 Å². The summed E-state index contributed by atoms with van der Waals surface area (Å²) in [7, 11) is 0. The van der Waals surface area contributed by atoms with Crippen molar-refractivity contribution in [3.8, 4) is 0 Å². The molecule has 0 radical (unpaired) electrons. The first-order valence-corrected chi connectivity index (χ1v) is 15.2. The Morgan fingerprint density at radius 3 is 1.49 bits per heavy atom. The summed E-state index contributed by atoms with van der Waals surface area (Å²) >= 11 is 0. The van der Waals surface area contributed by atoms with E-state index in [1.807, 2.05) is 0 Å². The number of Topliss-reactive ketones (excluding diaryl/α,β-unsaturated/α-hetero) is 1. The van der Waals surface area contributed by atoms with E-state index in [4.69, 9.17) is 9.47 Å². The first-order chi connectivity index (χ1) is 18.0. The molecule has 37 heavy (non-hydrogen) atoms. The van der Waals surface area contributed by atoms with Gasteiger partial charge in [-0.15, -0.1) is 0 Å². The summed E-state index contributed by atoms with van der Waals surface area (Å²) in [5.74, 6) is -0.658. The molecule has 3 atom stereocenters. The van der Waals surface area contributed by atoms with Crippen LogP contribution in [0.4, 0.5) is 0 Å². The quantitative estimate of drug-likeness (QED) is 0.0835. The van der Waals surface area contributed by atoms with Crippen LogP contribution in [0.25, 0.3) is 0 Å². The van der Waals surface area contributed by atoms with Crippen molar-refractivity contribution >= 4 is 11.8 Å². The van der Waals surface area contributed by atoms with Gasteiger partial charge in [0.05, 0.1) is 13.2 Å². The number of unbranched alkanes of at least 4 members (excludes halogenated alkanes) is 16. The molecule has 7 nitrogen and oxygen atoms in total.